The van der Waals surface area contributed by atoms with Gasteiger partial charge in [0.2, 0.25) is 5.91 Å². The quantitative estimate of drug-likeness (QED) is 0.466. The molecule has 2 heterocycles. The molecule has 1 aliphatic heterocycles. The summed E-state index contributed by atoms with van der Waals surface area (Å²) >= 11 is 0. The minimum absolute atomic E-state index is 0.0234. The first-order valence-corrected chi connectivity index (χ1v) is 6.34. The first kappa shape index (κ1) is 16.1. The zero-order valence-electron chi connectivity index (χ0n) is 11.6. The van der Waals surface area contributed by atoms with Gasteiger partial charge >= 0.3 is 5.69 Å². The smallest absolute Gasteiger partial charge is 0.351 e. The number of anilines is 1. The number of rotatable bonds is 3. The molecule has 1 saturated heterocycles. The third-order valence-electron chi connectivity index (χ3n) is 3.28. The van der Waals surface area contributed by atoms with Crippen LogP contribution in [-0.2, 0) is 9.53 Å². The molecule has 22 heavy (non-hydrogen) atoms. The zero-order chi connectivity index (χ0) is 16.5. The lowest BCUT2D eigenvalue weighted by atomic mass is 9.95. The second kappa shape index (κ2) is 5.86. The fourth-order valence-corrected chi connectivity index (χ4v) is 2.19. The molecule has 0 aromatic carbocycles. The number of aliphatic hydroxyl groups is 3. The molecule has 4 N–H and O–H groups in total. The van der Waals surface area contributed by atoms with Gasteiger partial charge in [0, 0.05) is 13.1 Å². The van der Waals surface area contributed by atoms with Crippen molar-refractivity contribution < 1.29 is 24.9 Å². The van der Waals surface area contributed by atoms with Crippen molar-refractivity contribution in [3.63, 3.8) is 0 Å². The van der Waals surface area contributed by atoms with Crippen LogP contribution in [0.2, 0.25) is 0 Å². The highest BCUT2D eigenvalue weighted by atomic mass is 16.6. The van der Waals surface area contributed by atoms with Crippen molar-refractivity contribution in [2.45, 2.75) is 31.0 Å². The van der Waals surface area contributed by atoms with E-state index in [1.807, 2.05) is 5.92 Å². The number of carbonyl (C=O) groups is 1. The summed E-state index contributed by atoms with van der Waals surface area (Å²) in [5, 5.41) is 31.7. The summed E-state index contributed by atoms with van der Waals surface area (Å²) in [4.78, 5) is 26.5. The number of ether oxygens (including phenoxy) is 1. The fourth-order valence-electron chi connectivity index (χ4n) is 2.19. The van der Waals surface area contributed by atoms with E-state index in [9.17, 15) is 19.8 Å². The predicted octanol–water partition coefficient (Wildman–Crippen LogP) is -2.18. The van der Waals surface area contributed by atoms with E-state index in [1.165, 1.54) is 19.2 Å². The molecule has 1 fully saturated rings. The molecule has 1 unspecified atom stereocenters. The summed E-state index contributed by atoms with van der Waals surface area (Å²) in [7, 11) is 0. The van der Waals surface area contributed by atoms with Gasteiger partial charge in [0.25, 0.3) is 0 Å². The lowest BCUT2D eigenvalue weighted by Gasteiger charge is -2.26. The number of hydrogen-bond acceptors (Lipinski definition) is 7. The van der Waals surface area contributed by atoms with Crippen LogP contribution in [0.15, 0.2) is 17.1 Å². The molecule has 118 valence electrons. The highest BCUT2D eigenvalue weighted by Gasteiger charge is 2.55. The lowest BCUT2D eigenvalue weighted by Crippen LogP contribution is -2.47. The van der Waals surface area contributed by atoms with Gasteiger partial charge in [0.15, 0.2) is 11.8 Å². The van der Waals surface area contributed by atoms with Gasteiger partial charge in [-0.15, -0.1) is 6.42 Å². The van der Waals surface area contributed by atoms with Gasteiger partial charge in [0.05, 0.1) is 6.61 Å². The summed E-state index contributed by atoms with van der Waals surface area (Å²) in [6.07, 6.45) is 2.30. The van der Waals surface area contributed by atoms with Crippen molar-refractivity contribution in [3.8, 4) is 12.3 Å². The van der Waals surface area contributed by atoms with Crippen molar-refractivity contribution in [1.29, 1.82) is 0 Å². The number of hydrogen-bond donors (Lipinski definition) is 4. The molecule has 1 aromatic rings. The van der Waals surface area contributed by atoms with Crippen LogP contribution in [0.25, 0.3) is 0 Å². The summed E-state index contributed by atoms with van der Waals surface area (Å²) < 4.78 is 6.14. The number of aliphatic hydroxyl groups excluding tert-OH is 2. The summed E-state index contributed by atoms with van der Waals surface area (Å²) in [6, 6.07) is 1.31. The van der Waals surface area contributed by atoms with Crippen molar-refractivity contribution in [2.24, 2.45) is 0 Å². The average Bonchev–Trinajstić information content (AvgIpc) is 2.72. The van der Waals surface area contributed by atoms with Crippen molar-refractivity contribution in [3.05, 3.63) is 22.7 Å². The second-order valence-electron chi connectivity index (χ2n) is 4.81. The highest BCUT2D eigenvalue weighted by Crippen LogP contribution is 2.37. The number of aromatic nitrogens is 2. The number of carbonyl (C=O) groups excluding carboxylic acids is 1. The van der Waals surface area contributed by atoms with Gasteiger partial charge in [-0.1, -0.05) is 5.92 Å². The van der Waals surface area contributed by atoms with Crippen molar-refractivity contribution in [1.82, 2.24) is 9.55 Å². The third kappa shape index (κ3) is 2.60. The van der Waals surface area contributed by atoms with E-state index in [1.54, 1.807) is 0 Å². The highest BCUT2D eigenvalue weighted by molar-refractivity contribution is 5.87. The van der Waals surface area contributed by atoms with E-state index >= 15 is 0 Å². The van der Waals surface area contributed by atoms with Crippen LogP contribution in [0, 0.1) is 12.3 Å². The van der Waals surface area contributed by atoms with Gasteiger partial charge in [-0.05, 0) is 6.07 Å². The minimum Gasteiger partial charge on any atom is -0.394 e. The van der Waals surface area contributed by atoms with Crippen LogP contribution in [-0.4, -0.2) is 55.2 Å². The maximum Gasteiger partial charge on any atom is 0.351 e. The molecule has 0 saturated carbocycles. The molecule has 1 aliphatic rings. The Morgan fingerprint density at radius 2 is 2.36 bits per heavy atom. The number of terminal acetylenes is 1. The Balaban J connectivity index is 2.41. The van der Waals surface area contributed by atoms with Crippen molar-refractivity contribution >= 4 is 11.7 Å². The fraction of sp³-hybridized carbons (Fsp3) is 0.462. The largest absolute Gasteiger partial charge is 0.394 e. The van der Waals surface area contributed by atoms with Crippen LogP contribution in [0.1, 0.15) is 13.2 Å². The maximum atomic E-state index is 12.0. The first-order chi connectivity index (χ1) is 10.3. The predicted molar refractivity (Wildman–Crippen MR) is 73.6 cm³/mol. The molecule has 9 heteroatoms. The Bertz CT molecular complexity index is 681. The van der Waals surface area contributed by atoms with E-state index in [-0.39, 0.29) is 5.82 Å². The molecule has 2 rings (SSSR count). The number of nitrogens with one attached hydrogen (secondary N) is 1. The Labute approximate surface area is 125 Å². The molecule has 0 bridgehead atoms. The van der Waals surface area contributed by atoms with Gasteiger partial charge in [-0.25, -0.2) is 4.79 Å². The van der Waals surface area contributed by atoms with E-state index < -0.39 is 42.2 Å². The van der Waals surface area contributed by atoms with E-state index in [4.69, 9.17) is 16.3 Å². The summed E-state index contributed by atoms with van der Waals surface area (Å²) in [5.41, 5.74) is -3.05. The molecular weight excluding hydrogens is 294 g/mol. The number of nitrogens with zero attached hydrogens (tertiary/aromatic N) is 2. The second-order valence-corrected chi connectivity index (χ2v) is 4.81. The Kier molecular flexibility index (Phi) is 4.30. The van der Waals surface area contributed by atoms with Crippen LogP contribution in [0.4, 0.5) is 5.82 Å². The van der Waals surface area contributed by atoms with Gasteiger partial charge in [-0.2, -0.15) is 4.98 Å². The third-order valence-corrected chi connectivity index (χ3v) is 3.28. The van der Waals surface area contributed by atoms with Crippen LogP contribution < -0.4 is 11.0 Å². The zero-order valence-corrected chi connectivity index (χ0v) is 11.6. The summed E-state index contributed by atoms with van der Waals surface area (Å²) in [6.45, 7) is 0.667. The van der Waals surface area contributed by atoms with Crippen LogP contribution in [0.3, 0.4) is 0 Å². The first-order valence-electron chi connectivity index (χ1n) is 6.34. The Morgan fingerprint density at radius 1 is 1.68 bits per heavy atom. The molecule has 0 radical (unpaired) electrons. The van der Waals surface area contributed by atoms with Crippen molar-refractivity contribution in [2.75, 3.05) is 11.9 Å². The SMILES string of the molecule is C#C[C@@]1(O)C(n2ccc(NC(C)=O)nc2=O)O[C@H](CO)[C@H]1O. The molecular formula is C13H15N3O6. The maximum absolute atomic E-state index is 12.0. The molecule has 0 aliphatic carbocycles. The number of amides is 1. The minimum atomic E-state index is -2.20. The molecule has 1 aromatic heterocycles. The standard InChI is InChI=1S/C13H15N3O6/c1-3-13(21)10(19)8(6-17)22-11(13)16-5-4-9(14-7(2)18)15-12(16)20/h1,4-5,8,10-11,17,19,21H,6H2,2H3,(H,14,15,18,20)/t8-,10-,11?,13+/m1/s1. The normalized spacial score (nSPS) is 30.8. The summed E-state index contributed by atoms with van der Waals surface area (Å²) in [5.74, 6) is 1.61. The Hall–Kier alpha value is -2.25. The average molecular weight is 309 g/mol. The Morgan fingerprint density at radius 3 is 2.86 bits per heavy atom. The molecule has 4 atom stereocenters. The van der Waals surface area contributed by atoms with Gasteiger partial charge < -0.3 is 25.4 Å². The molecule has 1 amide bonds. The van der Waals surface area contributed by atoms with Gasteiger partial charge in [-0.3, -0.25) is 9.36 Å². The monoisotopic (exact) mass is 309 g/mol. The van der Waals surface area contributed by atoms with E-state index in [2.05, 4.69) is 10.3 Å². The van der Waals surface area contributed by atoms with Crippen LogP contribution >= 0.6 is 0 Å². The van der Waals surface area contributed by atoms with Gasteiger partial charge in [0.1, 0.15) is 18.0 Å². The lowest BCUT2D eigenvalue weighted by molar-refractivity contribution is -0.114. The topological polar surface area (TPSA) is 134 Å². The molecule has 9 nitrogen and oxygen atoms in total. The van der Waals surface area contributed by atoms with E-state index in [0.717, 1.165) is 4.57 Å². The van der Waals surface area contributed by atoms with Crippen LogP contribution in [0.5, 0.6) is 0 Å². The molecule has 0 spiro atoms. The van der Waals surface area contributed by atoms with E-state index in [0.29, 0.717) is 0 Å².